The zero-order valence-corrected chi connectivity index (χ0v) is 29.3. The molecule has 0 unspecified atom stereocenters. The Labute approximate surface area is 283 Å². The van der Waals surface area contributed by atoms with Gasteiger partial charge in [-0.3, -0.25) is 9.59 Å². The van der Waals surface area contributed by atoms with Crippen LogP contribution in [0.15, 0.2) is 16.7 Å². The number of ether oxygens (including phenoxy) is 4. The summed E-state index contributed by atoms with van der Waals surface area (Å²) in [5.74, 6) is -0.896. The van der Waals surface area contributed by atoms with E-state index in [1.807, 2.05) is 19.9 Å². The Morgan fingerprint density at radius 3 is 2.44 bits per heavy atom. The average Bonchev–Trinajstić information content (AvgIpc) is 3.58. The summed E-state index contributed by atoms with van der Waals surface area (Å²) in [6, 6.07) is 1.89. The number of esters is 2. The van der Waals surface area contributed by atoms with Gasteiger partial charge in [0, 0.05) is 34.8 Å². The van der Waals surface area contributed by atoms with Crippen molar-refractivity contribution in [1.29, 1.82) is 0 Å². The van der Waals surface area contributed by atoms with Crippen molar-refractivity contribution in [2.24, 2.45) is 34.0 Å². The van der Waals surface area contributed by atoms with Crippen LogP contribution in [0.4, 0.5) is 0 Å². The second kappa shape index (κ2) is 11.9. The third kappa shape index (κ3) is 4.53. The predicted molar refractivity (Wildman–Crippen MR) is 172 cm³/mol. The van der Waals surface area contributed by atoms with Crippen LogP contribution in [0.25, 0.3) is 0 Å². The van der Waals surface area contributed by atoms with Gasteiger partial charge in [0.2, 0.25) is 0 Å². The lowest BCUT2D eigenvalue weighted by atomic mass is 9.36. The lowest BCUT2D eigenvalue weighted by Crippen LogP contribution is -2.76. The molecular formula is C38H54O10. The predicted octanol–water partition coefficient (Wildman–Crippen LogP) is 5.40. The topological polar surface area (TPSA) is 145 Å². The number of ketones is 1. The van der Waals surface area contributed by atoms with Crippen molar-refractivity contribution in [1.82, 2.24) is 0 Å². The van der Waals surface area contributed by atoms with Crippen LogP contribution in [0.5, 0.6) is 0 Å². The Balaban J connectivity index is 1.24. The minimum absolute atomic E-state index is 0.0500. The van der Waals surface area contributed by atoms with Gasteiger partial charge in [-0.2, -0.15) is 0 Å². The third-order valence-electron chi connectivity index (χ3n) is 13.8. The molecule has 4 aliphatic heterocycles. The molecule has 0 amide bonds. The van der Waals surface area contributed by atoms with Crippen molar-refractivity contribution in [3.8, 4) is 0 Å². The molecule has 11 atom stereocenters. The summed E-state index contributed by atoms with van der Waals surface area (Å²) in [6.45, 7) is 10.5. The Kier molecular flexibility index (Phi) is 8.49. The van der Waals surface area contributed by atoms with E-state index in [2.05, 4.69) is 20.8 Å². The largest absolute Gasteiger partial charge is 0.469 e. The molecule has 10 heteroatoms. The monoisotopic (exact) mass is 670 g/mol. The van der Waals surface area contributed by atoms with Crippen LogP contribution < -0.4 is 0 Å². The van der Waals surface area contributed by atoms with Crippen molar-refractivity contribution in [2.75, 3.05) is 13.2 Å². The molecule has 6 fully saturated rings. The van der Waals surface area contributed by atoms with Crippen LogP contribution in [0.3, 0.4) is 0 Å². The second-order valence-corrected chi connectivity index (χ2v) is 16.8. The number of carbonyl (C=O) groups excluding carboxylic acids is 3. The molecule has 48 heavy (non-hydrogen) atoms. The van der Waals surface area contributed by atoms with Gasteiger partial charge in [0.25, 0.3) is 0 Å². The molecule has 6 aliphatic rings. The molecule has 2 N–H and O–H groups in total. The average molecular weight is 671 g/mol. The lowest BCUT2D eigenvalue weighted by Gasteiger charge is -2.66. The molecule has 0 aromatic carbocycles. The first-order valence-electron chi connectivity index (χ1n) is 18.4. The standard InChI is InChI=1S/C38H54O10/c1-22(2)13-17-35(4)29-28(41)30(42)36(5)25(37(29)21-45-27(40)20-26(37)47-35)14-16-34(3)31(46-33(43)32-38(34,36)48-32)23-15-19-44-24(23)12-10-8-6-7-9-11-18-39/h15,19,22,25-26,29-32,39,42H,6-14,16-18,20-21H2,1-5H3/t25-,26-,29+,30+,31-,32+,34-,35-,36-,37-,38+/m0/s1. The highest BCUT2D eigenvalue weighted by molar-refractivity contribution is 5.92. The molecule has 266 valence electrons. The number of carbonyl (C=O) groups is 3. The first-order chi connectivity index (χ1) is 22.8. The van der Waals surface area contributed by atoms with Crippen LogP contribution in [0, 0.1) is 34.0 Å². The lowest BCUT2D eigenvalue weighted by molar-refractivity contribution is -0.252. The van der Waals surface area contributed by atoms with Gasteiger partial charge in [-0.15, -0.1) is 0 Å². The minimum atomic E-state index is -1.40. The molecule has 4 saturated heterocycles. The van der Waals surface area contributed by atoms with E-state index in [-0.39, 0.29) is 37.3 Å². The van der Waals surface area contributed by atoms with E-state index in [4.69, 9.17) is 28.5 Å². The van der Waals surface area contributed by atoms with Gasteiger partial charge in [-0.05, 0) is 63.4 Å². The van der Waals surface area contributed by atoms with Gasteiger partial charge in [0.1, 0.15) is 30.2 Å². The van der Waals surface area contributed by atoms with E-state index in [1.54, 1.807) is 6.26 Å². The number of epoxide rings is 1. The number of fused-ring (bicyclic) bond motifs is 1. The number of cyclic esters (lactones) is 2. The fourth-order valence-corrected chi connectivity index (χ4v) is 11.6. The Morgan fingerprint density at radius 2 is 1.71 bits per heavy atom. The molecule has 2 spiro atoms. The van der Waals surface area contributed by atoms with Gasteiger partial charge in [0.05, 0.1) is 30.3 Å². The van der Waals surface area contributed by atoms with E-state index in [9.17, 15) is 19.5 Å². The SMILES string of the molecule is CC(C)CC[C@]1(C)O[C@H]2CC(=O)OC[C@]23[C@H]2CC[C@@]4(C)[C@H](c5ccoc5CCCCCCCCO)OC(=O)[C@H]5O[C@]54[C@]2(C)[C@H](O)C(=O)[C@@H]31. The molecular weight excluding hydrogens is 616 g/mol. The first kappa shape index (κ1) is 34.2. The number of aliphatic hydroxyl groups excluding tert-OH is 2. The molecule has 2 saturated carbocycles. The normalized spacial score (nSPS) is 44.3. The zero-order chi connectivity index (χ0) is 34.3. The van der Waals surface area contributed by atoms with Crippen LogP contribution in [-0.4, -0.2) is 70.7 Å². The van der Waals surface area contributed by atoms with E-state index < -0.39 is 63.8 Å². The number of hydrogen-bond acceptors (Lipinski definition) is 10. The number of unbranched alkanes of at least 4 members (excludes halogenated alkanes) is 5. The van der Waals surface area contributed by atoms with E-state index >= 15 is 0 Å². The Hall–Kier alpha value is -2.27. The number of rotatable bonds is 12. The molecule has 1 aromatic heterocycles. The molecule has 0 radical (unpaired) electrons. The fourth-order valence-electron chi connectivity index (χ4n) is 11.6. The number of aryl methyl sites for hydroxylation is 1. The maximum absolute atomic E-state index is 14.8. The summed E-state index contributed by atoms with van der Waals surface area (Å²) >= 11 is 0. The summed E-state index contributed by atoms with van der Waals surface area (Å²) < 4.78 is 31.5. The molecule has 7 rings (SSSR count). The van der Waals surface area contributed by atoms with Gasteiger partial charge < -0.3 is 33.6 Å². The Morgan fingerprint density at radius 1 is 0.979 bits per heavy atom. The van der Waals surface area contributed by atoms with Gasteiger partial charge in [0.15, 0.2) is 11.9 Å². The number of hydrogen-bond donors (Lipinski definition) is 2. The maximum Gasteiger partial charge on any atom is 0.339 e. The van der Waals surface area contributed by atoms with Gasteiger partial charge in [-0.25, -0.2) is 4.79 Å². The summed E-state index contributed by atoms with van der Waals surface area (Å²) in [5.41, 5.74) is -3.96. The summed E-state index contributed by atoms with van der Waals surface area (Å²) in [7, 11) is 0. The molecule has 5 heterocycles. The molecule has 2 aliphatic carbocycles. The number of aliphatic hydroxyl groups is 2. The van der Waals surface area contributed by atoms with Crippen molar-refractivity contribution < 1.29 is 48.0 Å². The highest BCUT2D eigenvalue weighted by Crippen LogP contribution is 2.80. The van der Waals surface area contributed by atoms with Crippen LogP contribution >= 0.6 is 0 Å². The quantitative estimate of drug-likeness (QED) is 0.168. The molecule has 0 bridgehead atoms. The number of Topliss-reactive ketones (excluding diaryl/α,β-unsaturated/α-hetero) is 1. The maximum atomic E-state index is 14.8. The third-order valence-corrected chi connectivity index (χ3v) is 13.8. The van der Waals surface area contributed by atoms with E-state index in [1.165, 1.54) is 0 Å². The van der Waals surface area contributed by atoms with Crippen LogP contribution in [-0.2, 0) is 39.8 Å². The first-order valence-corrected chi connectivity index (χ1v) is 18.4. The summed E-state index contributed by atoms with van der Waals surface area (Å²) in [4.78, 5) is 41.3. The van der Waals surface area contributed by atoms with Crippen molar-refractivity contribution >= 4 is 17.7 Å². The van der Waals surface area contributed by atoms with Crippen LogP contribution in [0.2, 0.25) is 0 Å². The van der Waals surface area contributed by atoms with Gasteiger partial charge in [-0.1, -0.05) is 53.4 Å². The molecule has 10 nitrogen and oxygen atoms in total. The highest BCUT2D eigenvalue weighted by atomic mass is 16.7. The van der Waals surface area contributed by atoms with E-state index in [0.717, 1.165) is 56.3 Å². The molecule has 1 aromatic rings. The fraction of sp³-hybridized carbons (Fsp3) is 0.816. The second-order valence-electron chi connectivity index (χ2n) is 16.8. The Bertz CT molecular complexity index is 1440. The van der Waals surface area contributed by atoms with Crippen molar-refractivity contribution in [3.05, 3.63) is 23.7 Å². The van der Waals surface area contributed by atoms with E-state index in [0.29, 0.717) is 31.6 Å². The van der Waals surface area contributed by atoms with Crippen molar-refractivity contribution in [2.45, 2.75) is 147 Å². The summed E-state index contributed by atoms with van der Waals surface area (Å²) in [5, 5.41) is 21.4. The minimum Gasteiger partial charge on any atom is -0.469 e. The van der Waals surface area contributed by atoms with Gasteiger partial charge >= 0.3 is 11.9 Å². The van der Waals surface area contributed by atoms with Crippen LogP contribution in [0.1, 0.15) is 123 Å². The smallest absolute Gasteiger partial charge is 0.339 e. The highest BCUT2D eigenvalue weighted by Gasteiger charge is 2.90. The van der Waals surface area contributed by atoms with Crippen molar-refractivity contribution in [3.63, 3.8) is 0 Å². The number of furan rings is 1. The zero-order valence-electron chi connectivity index (χ0n) is 29.3. The summed E-state index contributed by atoms with van der Waals surface area (Å²) in [6.07, 6.45) is 7.58.